The van der Waals surface area contributed by atoms with E-state index in [4.69, 9.17) is 0 Å². The van der Waals surface area contributed by atoms with E-state index < -0.39 is 29.6 Å². The highest BCUT2D eigenvalue weighted by Gasteiger charge is 2.34. The largest absolute Gasteiger partial charge is 0.573 e. The Bertz CT molecular complexity index is 875. The summed E-state index contributed by atoms with van der Waals surface area (Å²) in [6, 6.07) is 4.08. The molecule has 0 N–H and O–H groups in total. The summed E-state index contributed by atoms with van der Waals surface area (Å²) in [7, 11) is 0. The van der Waals surface area contributed by atoms with E-state index in [0.29, 0.717) is 25.0 Å². The summed E-state index contributed by atoms with van der Waals surface area (Å²) in [5.74, 6) is -5.35. The lowest BCUT2D eigenvalue weighted by molar-refractivity contribution is -0.276. The van der Waals surface area contributed by atoms with Crippen molar-refractivity contribution < 1.29 is 31.1 Å². The second-order valence-corrected chi connectivity index (χ2v) is 6.41. The molecule has 1 aliphatic carbocycles. The molecule has 0 fully saturated rings. The maximum Gasteiger partial charge on any atom is 0.573 e. The van der Waals surface area contributed by atoms with Crippen LogP contribution < -0.4 is 4.74 Å². The lowest BCUT2D eigenvalue weighted by atomic mass is 9.87. The van der Waals surface area contributed by atoms with Gasteiger partial charge in [-0.1, -0.05) is 25.0 Å². The van der Waals surface area contributed by atoms with E-state index in [2.05, 4.69) is 17.7 Å². The van der Waals surface area contributed by atoms with Crippen LogP contribution in [0.3, 0.4) is 0 Å². The number of rotatable bonds is 4. The van der Waals surface area contributed by atoms with E-state index in [9.17, 15) is 26.3 Å². The molecular weight excluding hydrogens is 370 g/mol. The van der Waals surface area contributed by atoms with Gasteiger partial charge in [0.2, 0.25) is 5.75 Å². The molecule has 27 heavy (non-hydrogen) atoms. The van der Waals surface area contributed by atoms with Gasteiger partial charge in [-0.3, -0.25) is 0 Å². The van der Waals surface area contributed by atoms with Crippen LogP contribution >= 0.6 is 0 Å². The zero-order chi connectivity index (χ0) is 19.8. The Labute approximate surface area is 152 Å². The molecule has 0 saturated carbocycles. The van der Waals surface area contributed by atoms with Crippen molar-refractivity contribution in [3.63, 3.8) is 0 Å². The van der Waals surface area contributed by atoms with Crippen molar-refractivity contribution in [1.29, 1.82) is 0 Å². The Kier molecular flexibility index (Phi) is 5.22. The normalized spacial score (nSPS) is 14.0. The molecule has 0 aromatic heterocycles. The number of halogens is 6. The average molecular weight is 386 g/mol. The van der Waals surface area contributed by atoms with Gasteiger partial charge >= 0.3 is 6.36 Å². The number of alkyl halides is 3. The van der Waals surface area contributed by atoms with Gasteiger partial charge in [0, 0.05) is 5.56 Å². The standard InChI is InChI=1S/C20H16F6O/c1-2-3-11-4-5-12-7-15(16(21)8-13(12)6-11)14-9-17(22)19(18(23)10-14)27-20(24,25)26/h4,7-10H,2-3,5-6H2,1H3. The summed E-state index contributed by atoms with van der Waals surface area (Å²) >= 11 is 0. The van der Waals surface area contributed by atoms with Crippen molar-refractivity contribution in [1.82, 2.24) is 0 Å². The first-order valence-corrected chi connectivity index (χ1v) is 8.42. The number of hydrogen-bond acceptors (Lipinski definition) is 1. The first kappa shape index (κ1) is 19.3. The summed E-state index contributed by atoms with van der Waals surface area (Å²) in [5.41, 5.74) is 2.58. The first-order valence-electron chi connectivity index (χ1n) is 8.42. The predicted molar refractivity (Wildman–Crippen MR) is 88.8 cm³/mol. The third kappa shape index (κ3) is 4.28. The molecule has 0 unspecified atom stereocenters. The van der Waals surface area contributed by atoms with E-state index >= 15 is 0 Å². The van der Waals surface area contributed by atoms with E-state index in [1.165, 1.54) is 17.7 Å². The van der Waals surface area contributed by atoms with Gasteiger partial charge in [0.05, 0.1) is 0 Å². The van der Waals surface area contributed by atoms with E-state index in [1.54, 1.807) is 0 Å². The van der Waals surface area contributed by atoms with Gasteiger partial charge in [-0.05, 0) is 60.2 Å². The number of fused-ring (bicyclic) bond motifs is 1. The SMILES string of the molecule is CCCC1=CCc2cc(-c3cc(F)c(OC(F)(F)F)c(F)c3)c(F)cc2C1. The monoisotopic (exact) mass is 386 g/mol. The summed E-state index contributed by atoms with van der Waals surface area (Å²) in [6.45, 7) is 2.05. The summed E-state index contributed by atoms with van der Waals surface area (Å²) in [5, 5.41) is 0. The highest BCUT2D eigenvalue weighted by molar-refractivity contribution is 5.67. The summed E-state index contributed by atoms with van der Waals surface area (Å²) < 4.78 is 82.5. The third-order valence-electron chi connectivity index (χ3n) is 4.42. The molecule has 0 spiro atoms. The van der Waals surface area contributed by atoms with Crippen LogP contribution in [-0.4, -0.2) is 6.36 Å². The van der Waals surface area contributed by atoms with Crippen molar-refractivity contribution in [2.24, 2.45) is 0 Å². The van der Waals surface area contributed by atoms with Crippen LogP contribution in [0.1, 0.15) is 30.9 Å². The Balaban J connectivity index is 1.97. The molecule has 3 rings (SSSR count). The lowest BCUT2D eigenvalue weighted by Gasteiger charge is -2.19. The molecule has 0 amide bonds. The zero-order valence-corrected chi connectivity index (χ0v) is 14.4. The molecular formula is C20H16F6O. The highest BCUT2D eigenvalue weighted by Crippen LogP contribution is 2.35. The van der Waals surface area contributed by atoms with Crippen LogP contribution in [0.5, 0.6) is 5.75 Å². The van der Waals surface area contributed by atoms with Gasteiger partial charge in [-0.2, -0.15) is 0 Å². The second kappa shape index (κ2) is 7.29. The highest BCUT2D eigenvalue weighted by atomic mass is 19.4. The van der Waals surface area contributed by atoms with Crippen molar-refractivity contribution in [2.45, 2.75) is 39.0 Å². The number of ether oxygens (including phenoxy) is 1. The number of allylic oxidation sites excluding steroid dienone is 2. The quantitative estimate of drug-likeness (QED) is 0.431. The van der Waals surface area contributed by atoms with Gasteiger partial charge in [0.15, 0.2) is 11.6 Å². The van der Waals surface area contributed by atoms with Gasteiger partial charge in [-0.15, -0.1) is 13.2 Å². The zero-order valence-electron chi connectivity index (χ0n) is 14.4. The van der Waals surface area contributed by atoms with Gasteiger partial charge < -0.3 is 4.74 Å². The second-order valence-electron chi connectivity index (χ2n) is 6.41. The predicted octanol–water partition coefficient (Wildman–Crippen LogP) is 6.49. The average Bonchev–Trinajstić information content (AvgIpc) is 2.57. The maximum atomic E-state index is 14.5. The molecule has 0 aliphatic heterocycles. The minimum atomic E-state index is -5.23. The molecule has 144 valence electrons. The fourth-order valence-corrected chi connectivity index (χ4v) is 3.25. The first-order chi connectivity index (χ1) is 12.7. The Hall–Kier alpha value is -2.44. The van der Waals surface area contributed by atoms with Gasteiger partial charge in [0.25, 0.3) is 0 Å². The fraction of sp³-hybridized carbons (Fsp3) is 0.300. The number of benzene rings is 2. The van der Waals surface area contributed by atoms with E-state index in [1.807, 2.05) is 0 Å². The molecule has 2 aromatic rings. The molecule has 0 radical (unpaired) electrons. The molecule has 1 nitrogen and oxygen atoms in total. The van der Waals surface area contributed by atoms with Crippen LogP contribution in [0.4, 0.5) is 26.3 Å². The van der Waals surface area contributed by atoms with Crippen molar-refractivity contribution in [3.8, 4) is 16.9 Å². The molecule has 1 aliphatic rings. The van der Waals surface area contributed by atoms with Crippen LogP contribution in [0.15, 0.2) is 35.9 Å². The van der Waals surface area contributed by atoms with Crippen molar-refractivity contribution >= 4 is 0 Å². The summed E-state index contributed by atoms with van der Waals surface area (Å²) in [4.78, 5) is 0. The number of hydrogen-bond donors (Lipinski definition) is 0. The molecule has 0 saturated heterocycles. The smallest absolute Gasteiger partial charge is 0.399 e. The molecule has 7 heteroatoms. The molecule has 2 aromatic carbocycles. The van der Waals surface area contributed by atoms with Crippen LogP contribution in [0, 0.1) is 17.5 Å². The fourth-order valence-electron chi connectivity index (χ4n) is 3.25. The minimum Gasteiger partial charge on any atom is -0.399 e. The van der Waals surface area contributed by atoms with E-state index in [0.717, 1.165) is 24.0 Å². The Morgan fingerprint density at radius 2 is 1.59 bits per heavy atom. The van der Waals surface area contributed by atoms with Crippen LogP contribution in [0.2, 0.25) is 0 Å². The van der Waals surface area contributed by atoms with Crippen LogP contribution in [-0.2, 0) is 12.8 Å². The van der Waals surface area contributed by atoms with Crippen LogP contribution in [0.25, 0.3) is 11.1 Å². The summed E-state index contributed by atoms with van der Waals surface area (Å²) in [6.07, 6.45) is -0.107. The van der Waals surface area contributed by atoms with E-state index in [-0.39, 0.29) is 11.1 Å². The van der Waals surface area contributed by atoms with Gasteiger partial charge in [0.1, 0.15) is 5.82 Å². The topological polar surface area (TPSA) is 9.23 Å². The lowest BCUT2D eigenvalue weighted by Crippen LogP contribution is -2.19. The van der Waals surface area contributed by atoms with Gasteiger partial charge in [-0.25, -0.2) is 13.2 Å². The Morgan fingerprint density at radius 1 is 0.926 bits per heavy atom. The molecule has 0 heterocycles. The Morgan fingerprint density at radius 3 is 2.19 bits per heavy atom. The van der Waals surface area contributed by atoms with Crippen molar-refractivity contribution in [3.05, 3.63) is 64.5 Å². The molecule has 0 bridgehead atoms. The minimum absolute atomic E-state index is 0.0718. The van der Waals surface area contributed by atoms with Crippen molar-refractivity contribution in [2.75, 3.05) is 0 Å². The third-order valence-corrected chi connectivity index (χ3v) is 4.42. The molecule has 0 atom stereocenters. The maximum absolute atomic E-state index is 14.5.